The van der Waals surface area contributed by atoms with Crippen LogP contribution < -0.4 is 0 Å². The molecule has 1 atom stereocenters. The van der Waals surface area contributed by atoms with Gasteiger partial charge >= 0.3 is 0 Å². The minimum absolute atomic E-state index is 0.357. The number of unbranched alkanes of at least 4 members (excludes halogenated alkanes) is 2. The van der Waals surface area contributed by atoms with Crippen LogP contribution >= 0.6 is 0 Å². The van der Waals surface area contributed by atoms with Crippen LogP contribution in [-0.4, -0.2) is 60.8 Å². The Morgan fingerprint density at radius 1 is 0.950 bits per heavy atom. The van der Waals surface area contributed by atoms with Crippen molar-refractivity contribution in [2.75, 3.05) is 45.9 Å². The zero-order valence-corrected chi connectivity index (χ0v) is 13.4. The van der Waals surface area contributed by atoms with Crippen molar-refractivity contribution in [2.45, 2.75) is 51.9 Å². The van der Waals surface area contributed by atoms with Gasteiger partial charge in [0.15, 0.2) is 0 Å². The summed E-state index contributed by atoms with van der Waals surface area (Å²) in [5.41, 5.74) is 0. The molecule has 0 aromatic rings. The third-order valence-corrected chi connectivity index (χ3v) is 5.13. The topological polar surface area (TPSA) is 26.7 Å². The largest absolute Gasteiger partial charge is 0.396 e. The van der Waals surface area contributed by atoms with Gasteiger partial charge in [-0.25, -0.2) is 0 Å². The molecule has 2 rings (SSSR count). The minimum Gasteiger partial charge on any atom is -0.396 e. The lowest BCUT2D eigenvalue weighted by Gasteiger charge is -2.37. The van der Waals surface area contributed by atoms with Crippen molar-refractivity contribution in [2.24, 2.45) is 11.8 Å². The highest BCUT2D eigenvalue weighted by Crippen LogP contribution is 2.22. The van der Waals surface area contributed by atoms with E-state index in [1.54, 1.807) is 0 Å². The van der Waals surface area contributed by atoms with Crippen LogP contribution in [0.5, 0.6) is 0 Å². The lowest BCUT2D eigenvalue weighted by molar-refractivity contribution is 0.111. The number of aliphatic hydroxyl groups excluding tert-OH is 1. The van der Waals surface area contributed by atoms with Crippen molar-refractivity contribution in [1.82, 2.24) is 9.80 Å². The number of hydrogen-bond acceptors (Lipinski definition) is 3. The molecule has 0 amide bonds. The maximum atomic E-state index is 8.83. The summed E-state index contributed by atoms with van der Waals surface area (Å²) in [7, 11) is 0. The summed E-state index contributed by atoms with van der Waals surface area (Å²) in [6.45, 7) is 10.6. The SMILES string of the molecule is CC1CCN(CC2CCCN(CCCCCO)C2)CC1. The Kier molecular flexibility index (Phi) is 7.32. The molecule has 2 heterocycles. The molecule has 0 aromatic carbocycles. The molecule has 0 aromatic heterocycles. The van der Waals surface area contributed by atoms with Gasteiger partial charge in [0, 0.05) is 19.7 Å². The van der Waals surface area contributed by atoms with Crippen molar-refractivity contribution in [3.05, 3.63) is 0 Å². The molecule has 20 heavy (non-hydrogen) atoms. The molecule has 118 valence electrons. The zero-order valence-electron chi connectivity index (χ0n) is 13.4. The second-order valence-electron chi connectivity index (χ2n) is 7.08. The van der Waals surface area contributed by atoms with Crippen molar-refractivity contribution in [3.63, 3.8) is 0 Å². The van der Waals surface area contributed by atoms with E-state index in [1.807, 2.05) is 0 Å². The third-order valence-electron chi connectivity index (χ3n) is 5.13. The summed E-state index contributed by atoms with van der Waals surface area (Å²) in [6, 6.07) is 0. The van der Waals surface area contributed by atoms with E-state index in [4.69, 9.17) is 5.11 Å². The molecule has 0 radical (unpaired) electrons. The van der Waals surface area contributed by atoms with Gasteiger partial charge < -0.3 is 14.9 Å². The van der Waals surface area contributed by atoms with Crippen molar-refractivity contribution in [3.8, 4) is 0 Å². The molecule has 1 N–H and O–H groups in total. The van der Waals surface area contributed by atoms with Gasteiger partial charge in [-0.1, -0.05) is 6.92 Å². The fourth-order valence-corrected chi connectivity index (χ4v) is 3.74. The smallest absolute Gasteiger partial charge is 0.0431 e. The van der Waals surface area contributed by atoms with E-state index in [0.717, 1.165) is 18.3 Å². The summed E-state index contributed by atoms with van der Waals surface area (Å²) in [6.07, 6.45) is 9.03. The van der Waals surface area contributed by atoms with Crippen molar-refractivity contribution < 1.29 is 5.11 Å². The van der Waals surface area contributed by atoms with Gasteiger partial charge in [0.25, 0.3) is 0 Å². The van der Waals surface area contributed by atoms with Gasteiger partial charge in [0.2, 0.25) is 0 Å². The van der Waals surface area contributed by atoms with E-state index >= 15 is 0 Å². The predicted octanol–water partition coefficient (Wildman–Crippen LogP) is 2.59. The van der Waals surface area contributed by atoms with Crippen molar-refractivity contribution in [1.29, 1.82) is 0 Å². The highest BCUT2D eigenvalue weighted by molar-refractivity contribution is 4.78. The summed E-state index contributed by atoms with van der Waals surface area (Å²) < 4.78 is 0. The molecule has 2 aliphatic rings. The normalized spacial score (nSPS) is 27.0. The lowest BCUT2D eigenvalue weighted by atomic mass is 9.94. The van der Waals surface area contributed by atoms with E-state index in [9.17, 15) is 0 Å². The number of piperidine rings is 2. The molecule has 0 spiro atoms. The first-order valence-electron chi connectivity index (χ1n) is 8.83. The third kappa shape index (κ3) is 5.71. The molecular weight excluding hydrogens is 248 g/mol. The van der Waals surface area contributed by atoms with Crippen LogP contribution in [0.4, 0.5) is 0 Å². The van der Waals surface area contributed by atoms with Crippen LogP contribution in [0.2, 0.25) is 0 Å². The van der Waals surface area contributed by atoms with Gasteiger partial charge in [0.05, 0.1) is 0 Å². The molecular formula is C17H34N2O. The lowest BCUT2D eigenvalue weighted by Crippen LogP contribution is -2.43. The number of rotatable bonds is 7. The highest BCUT2D eigenvalue weighted by Gasteiger charge is 2.23. The molecule has 3 heteroatoms. The second-order valence-corrected chi connectivity index (χ2v) is 7.08. The average Bonchev–Trinajstić information content (AvgIpc) is 2.47. The van der Waals surface area contributed by atoms with E-state index in [-0.39, 0.29) is 0 Å². The van der Waals surface area contributed by atoms with Crippen LogP contribution in [-0.2, 0) is 0 Å². The molecule has 2 aliphatic heterocycles. The maximum Gasteiger partial charge on any atom is 0.0431 e. The highest BCUT2D eigenvalue weighted by atomic mass is 16.2. The first kappa shape index (κ1) is 16.3. The number of nitrogens with zero attached hydrogens (tertiary/aromatic N) is 2. The van der Waals surface area contributed by atoms with Crippen LogP contribution in [0.3, 0.4) is 0 Å². The summed E-state index contributed by atoms with van der Waals surface area (Å²) >= 11 is 0. The Morgan fingerprint density at radius 3 is 2.50 bits per heavy atom. The van der Waals surface area contributed by atoms with Gasteiger partial charge in [-0.2, -0.15) is 0 Å². The number of likely N-dealkylation sites (tertiary alicyclic amines) is 2. The average molecular weight is 282 g/mol. The Morgan fingerprint density at radius 2 is 1.75 bits per heavy atom. The van der Waals surface area contributed by atoms with Crippen LogP contribution in [0.15, 0.2) is 0 Å². The van der Waals surface area contributed by atoms with E-state index in [2.05, 4.69) is 16.7 Å². The van der Waals surface area contributed by atoms with Gasteiger partial charge in [-0.05, 0) is 83.0 Å². The van der Waals surface area contributed by atoms with Crippen LogP contribution in [0.1, 0.15) is 51.9 Å². The molecule has 0 aliphatic carbocycles. The molecule has 0 bridgehead atoms. The van der Waals surface area contributed by atoms with Gasteiger partial charge in [-0.3, -0.25) is 0 Å². The monoisotopic (exact) mass is 282 g/mol. The Hall–Kier alpha value is -0.120. The van der Waals surface area contributed by atoms with Crippen molar-refractivity contribution >= 4 is 0 Å². The Balaban J connectivity index is 1.62. The maximum absolute atomic E-state index is 8.83. The predicted molar refractivity (Wildman–Crippen MR) is 84.9 cm³/mol. The first-order chi connectivity index (χ1) is 9.78. The van der Waals surface area contributed by atoms with E-state index in [0.29, 0.717) is 6.61 Å². The van der Waals surface area contributed by atoms with Gasteiger partial charge in [-0.15, -0.1) is 0 Å². The Bertz CT molecular complexity index is 251. The summed E-state index contributed by atoms with van der Waals surface area (Å²) in [5, 5.41) is 8.83. The van der Waals surface area contributed by atoms with Crippen LogP contribution in [0.25, 0.3) is 0 Å². The second kappa shape index (κ2) is 9.01. The number of aliphatic hydroxyl groups is 1. The number of hydrogen-bond donors (Lipinski definition) is 1. The first-order valence-corrected chi connectivity index (χ1v) is 8.83. The molecule has 0 saturated carbocycles. The zero-order chi connectivity index (χ0) is 14.2. The molecule has 3 nitrogen and oxygen atoms in total. The van der Waals surface area contributed by atoms with E-state index in [1.165, 1.54) is 77.8 Å². The van der Waals surface area contributed by atoms with E-state index < -0.39 is 0 Å². The molecule has 1 unspecified atom stereocenters. The molecule has 2 saturated heterocycles. The summed E-state index contributed by atoms with van der Waals surface area (Å²) in [5.74, 6) is 1.84. The van der Waals surface area contributed by atoms with Crippen LogP contribution in [0, 0.1) is 11.8 Å². The van der Waals surface area contributed by atoms with Gasteiger partial charge in [0.1, 0.15) is 0 Å². The standard InChI is InChI=1S/C17H34N2O/c1-16-7-11-19(12-8-16)15-17-6-5-10-18(14-17)9-3-2-4-13-20/h16-17,20H,2-15H2,1H3. The molecule has 2 fully saturated rings. The summed E-state index contributed by atoms with van der Waals surface area (Å²) in [4.78, 5) is 5.37. The fraction of sp³-hybridized carbons (Fsp3) is 1.00. The minimum atomic E-state index is 0.357. The quantitative estimate of drug-likeness (QED) is 0.727. The fourth-order valence-electron chi connectivity index (χ4n) is 3.74. The Labute approximate surface area is 125 Å².